The van der Waals surface area contributed by atoms with Crippen LogP contribution in [0.1, 0.15) is 28.1 Å². The Labute approximate surface area is 218 Å². The third-order valence-corrected chi connectivity index (χ3v) is 6.32. The van der Waals surface area contributed by atoms with Gasteiger partial charge in [0.2, 0.25) is 5.89 Å². The number of aryl methyl sites for hydroxylation is 3. The number of ether oxygens (including phenoxy) is 2. The molecule has 5 aromatic rings. The van der Waals surface area contributed by atoms with Crippen LogP contribution in [0.5, 0.6) is 11.5 Å². The molecule has 0 aliphatic carbocycles. The predicted molar refractivity (Wildman–Crippen MR) is 147 cm³/mol. The van der Waals surface area contributed by atoms with Crippen molar-refractivity contribution in [3.05, 3.63) is 137 Å². The van der Waals surface area contributed by atoms with Crippen molar-refractivity contribution < 1.29 is 13.9 Å². The van der Waals surface area contributed by atoms with Gasteiger partial charge < -0.3 is 13.9 Å². The van der Waals surface area contributed by atoms with E-state index < -0.39 is 0 Å². The van der Waals surface area contributed by atoms with E-state index in [1.54, 1.807) is 0 Å². The van der Waals surface area contributed by atoms with Gasteiger partial charge in [0.25, 0.3) is 0 Å². The number of aromatic nitrogens is 1. The molecule has 0 fully saturated rings. The van der Waals surface area contributed by atoms with Crippen molar-refractivity contribution in [2.75, 3.05) is 6.61 Å². The van der Waals surface area contributed by atoms with Gasteiger partial charge in [0.15, 0.2) is 0 Å². The molecule has 0 saturated carbocycles. The summed E-state index contributed by atoms with van der Waals surface area (Å²) in [6.45, 7) is 3.01. The molecule has 0 radical (unpaired) electrons. The van der Waals surface area contributed by atoms with Gasteiger partial charge in [-0.25, -0.2) is 4.98 Å². The van der Waals surface area contributed by atoms with Gasteiger partial charge in [-0.15, -0.1) is 0 Å². The summed E-state index contributed by atoms with van der Waals surface area (Å²) in [4.78, 5) is 4.71. The average molecular weight is 490 g/mol. The Morgan fingerprint density at radius 2 is 1.35 bits per heavy atom. The molecule has 1 heterocycles. The number of nitrogens with zero attached hydrogens (tertiary/aromatic N) is 1. The number of benzene rings is 4. The van der Waals surface area contributed by atoms with Crippen molar-refractivity contribution in [3.63, 3.8) is 0 Å². The topological polar surface area (TPSA) is 44.5 Å². The molecule has 37 heavy (non-hydrogen) atoms. The highest BCUT2D eigenvalue weighted by Crippen LogP contribution is 2.27. The van der Waals surface area contributed by atoms with Crippen molar-refractivity contribution >= 4 is 0 Å². The van der Waals surface area contributed by atoms with Crippen molar-refractivity contribution in [1.29, 1.82) is 0 Å². The fourth-order valence-corrected chi connectivity index (χ4v) is 4.27. The lowest BCUT2D eigenvalue weighted by Gasteiger charge is -2.14. The van der Waals surface area contributed by atoms with Crippen LogP contribution in [0.3, 0.4) is 0 Å². The Hall–Kier alpha value is -4.31. The van der Waals surface area contributed by atoms with E-state index in [0.29, 0.717) is 25.5 Å². The zero-order valence-electron chi connectivity index (χ0n) is 21.1. The molecular weight excluding hydrogens is 458 g/mol. The molecule has 0 spiro atoms. The Balaban J connectivity index is 1.26. The maximum atomic E-state index is 6.28. The highest BCUT2D eigenvalue weighted by molar-refractivity contribution is 5.53. The summed E-state index contributed by atoms with van der Waals surface area (Å²) in [7, 11) is 0. The lowest BCUT2D eigenvalue weighted by atomic mass is 10.0. The summed E-state index contributed by atoms with van der Waals surface area (Å²) in [6, 6.07) is 36.8. The molecule has 0 N–H and O–H groups in total. The monoisotopic (exact) mass is 489 g/mol. The maximum Gasteiger partial charge on any atom is 0.226 e. The van der Waals surface area contributed by atoms with Crippen LogP contribution in [0.4, 0.5) is 0 Å². The molecule has 5 rings (SSSR count). The lowest BCUT2D eigenvalue weighted by Crippen LogP contribution is -2.06. The molecule has 4 heteroatoms. The van der Waals surface area contributed by atoms with Gasteiger partial charge in [-0.3, -0.25) is 0 Å². The van der Waals surface area contributed by atoms with Gasteiger partial charge in [0, 0.05) is 12.0 Å². The van der Waals surface area contributed by atoms with Crippen molar-refractivity contribution in [2.24, 2.45) is 0 Å². The van der Waals surface area contributed by atoms with Gasteiger partial charge >= 0.3 is 0 Å². The number of oxazole rings is 1. The first kappa shape index (κ1) is 24.4. The highest BCUT2D eigenvalue weighted by atomic mass is 16.5. The fraction of sp³-hybridized carbons (Fsp3) is 0.182. The predicted octanol–water partition coefficient (Wildman–Crippen LogP) is 7.64. The molecule has 0 bridgehead atoms. The van der Waals surface area contributed by atoms with Gasteiger partial charge in [-0.05, 0) is 66.8 Å². The quantitative estimate of drug-likeness (QED) is 0.191. The van der Waals surface area contributed by atoms with E-state index in [4.69, 9.17) is 18.9 Å². The zero-order chi connectivity index (χ0) is 25.3. The summed E-state index contributed by atoms with van der Waals surface area (Å²) in [5.74, 6) is 3.21. The van der Waals surface area contributed by atoms with Crippen LogP contribution >= 0.6 is 0 Å². The fourth-order valence-electron chi connectivity index (χ4n) is 4.27. The molecule has 1 aromatic heterocycles. The minimum atomic E-state index is 0.518. The summed E-state index contributed by atoms with van der Waals surface area (Å²) < 4.78 is 18.3. The van der Waals surface area contributed by atoms with Gasteiger partial charge in [0.1, 0.15) is 23.9 Å². The van der Waals surface area contributed by atoms with Crippen LogP contribution in [0.15, 0.2) is 114 Å². The molecule has 0 aliphatic heterocycles. The molecule has 0 unspecified atom stereocenters. The van der Waals surface area contributed by atoms with Crippen molar-refractivity contribution in [1.82, 2.24) is 4.98 Å². The van der Waals surface area contributed by atoms with Gasteiger partial charge in [0.05, 0.1) is 12.3 Å². The van der Waals surface area contributed by atoms with E-state index >= 15 is 0 Å². The molecule has 0 amide bonds. The molecular formula is C33H31NO3. The summed E-state index contributed by atoms with van der Waals surface area (Å²) in [5, 5.41) is 0. The van der Waals surface area contributed by atoms with Gasteiger partial charge in [-0.1, -0.05) is 78.9 Å². The van der Waals surface area contributed by atoms with Crippen molar-refractivity contribution in [3.8, 4) is 23.0 Å². The average Bonchev–Trinajstić information content (AvgIpc) is 3.33. The Morgan fingerprint density at radius 3 is 2.08 bits per heavy atom. The second-order valence-corrected chi connectivity index (χ2v) is 9.02. The van der Waals surface area contributed by atoms with Crippen molar-refractivity contribution in [2.45, 2.75) is 32.8 Å². The van der Waals surface area contributed by atoms with Crippen LogP contribution in [0.2, 0.25) is 0 Å². The summed E-state index contributed by atoms with van der Waals surface area (Å²) in [6.07, 6.45) is 2.47. The standard InChI is InChI=1S/C33H31NO3/c1-25-31(34-33(37-25)28-15-9-4-10-16-28)21-22-35-32-20-19-30(36-24-27-13-7-3-8-14-27)23-29(32)18-17-26-11-5-2-6-12-26/h2-16,19-20,23H,17-18,21-22,24H2,1H3. The molecule has 0 atom stereocenters. The maximum absolute atomic E-state index is 6.28. The minimum Gasteiger partial charge on any atom is -0.493 e. The highest BCUT2D eigenvalue weighted by Gasteiger charge is 2.13. The summed E-state index contributed by atoms with van der Waals surface area (Å²) >= 11 is 0. The lowest BCUT2D eigenvalue weighted by molar-refractivity contribution is 0.300. The third kappa shape index (κ3) is 6.68. The Morgan fingerprint density at radius 1 is 0.676 bits per heavy atom. The number of rotatable bonds is 11. The Bertz CT molecular complexity index is 1400. The van der Waals surface area contributed by atoms with E-state index in [9.17, 15) is 0 Å². The van der Waals surface area contributed by atoms with Crippen LogP contribution in [-0.4, -0.2) is 11.6 Å². The van der Waals surface area contributed by atoms with E-state index in [1.165, 1.54) is 5.56 Å². The van der Waals surface area contributed by atoms with E-state index in [2.05, 4.69) is 42.5 Å². The van der Waals surface area contributed by atoms with E-state index in [1.807, 2.05) is 73.7 Å². The zero-order valence-corrected chi connectivity index (χ0v) is 21.1. The SMILES string of the molecule is Cc1oc(-c2ccccc2)nc1CCOc1ccc(OCc2ccccc2)cc1CCc1ccccc1. The largest absolute Gasteiger partial charge is 0.493 e. The third-order valence-electron chi connectivity index (χ3n) is 6.32. The first-order valence-corrected chi connectivity index (χ1v) is 12.7. The van der Waals surface area contributed by atoms with Crippen LogP contribution in [0, 0.1) is 6.92 Å². The van der Waals surface area contributed by atoms with Crippen LogP contribution in [-0.2, 0) is 25.9 Å². The first-order valence-electron chi connectivity index (χ1n) is 12.7. The normalized spacial score (nSPS) is 10.8. The van der Waals surface area contributed by atoms with Crippen LogP contribution < -0.4 is 9.47 Å². The van der Waals surface area contributed by atoms with E-state index in [-0.39, 0.29) is 0 Å². The molecule has 0 aliphatic rings. The van der Waals surface area contributed by atoms with Gasteiger partial charge in [-0.2, -0.15) is 0 Å². The second-order valence-electron chi connectivity index (χ2n) is 9.02. The molecule has 186 valence electrons. The molecule has 4 nitrogen and oxygen atoms in total. The number of hydrogen-bond donors (Lipinski definition) is 0. The minimum absolute atomic E-state index is 0.518. The van der Waals surface area contributed by atoms with E-state index in [0.717, 1.165) is 52.5 Å². The second kappa shape index (κ2) is 12.1. The smallest absolute Gasteiger partial charge is 0.226 e. The molecule has 0 saturated heterocycles. The Kier molecular flexibility index (Phi) is 7.97. The number of hydrogen-bond acceptors (Lipinski definition) is 4. The molecule has 4 aromatic carbocycles. The van der Waals surface area contributed by atoms with Crippen LogP contribution in [0.25, 0.3) is 11.5 Å². The first-order chi connectivity index (χ1) is 18.2. The summed E-state index contributed by atoms with van der Waals surface area (Å²) in [5.41, 5.74) is 5.48.